The second-order valence-electron chi connectivity index (χ2n) is 4.85. The Morgan fingerprint density at radius 3 is 2.79 bits per heavy atom. The lowest BCUT2D eigenvalue weighted by Crippen LogP contribution is -2.53. The van der Waals surface area contributed by atoms with Crippen molar-refractivity contribution >= 4 is 21.8 Å². The number of carbonyl (C=O) groups excluding carboxylic acids is 1. The molecule has 5 nitrogen and oxygen atoms in total. The topological polar surface area (TPSA) is 60.3 Å². The molecule has 0 aliphatic carbocycles. The summed E-state index contributed by atoms with van der Waals surface area (Å²) in [6.45, 7) is 1.28. The zero-order valence-corrected chi connectivity index (χ0v) is 12.4. The van der Waals surface area contributed by atoms with Crippen LogP contribution in [-0.2, 0) is 11.8 Å². The summed E-state index contributed by atoms with van der Waals surface area (Å²) in [5, 5.41) is 3.71. The molecule has 0 radical (unpaired) electrons. The molecule has 19 heavy (non-hydrogen) atoms. The lowest BCUT2D eigenvalue weighted by Gasteiger charge is -2.36. The maximum atomic E-state index is 12.2. The molecule has 1 fully saturated rings. The first-order chi connectivity index (χ1) is 9.06. The molecule has 2 rings (SSSR count). The van der Waals surface area contributed by atoms with Gasteiger partial charge >= 0.3 is 0 Å². The number of alkyl halides is 1. The number of aromatic nitrogens is 1. The van der Waals surface area contributed by atoms with Crippen molar-refractivity contribution < 1.29 is 9.53 Å². The number of hydrogen-bond acceptors (Lipinski definition) is 3. The first-order valence-corrected chi connectivity index (χ1v) is 7.31. The van der Waals surface area contributed by atoms with Crippen LogP contribution < -0.4 is 10.9 Å². The fraction of sp³-hybridized carbons (Fsp3) is 0.538. The van der Waals surface area contributed by atoms with E-state index in [-0.39, 0.29) is 17.0 Å². The molecule has 0 atom stereocenters. The number of pyridine rings is 1. The van der Waals surface area contributed by atoms with E-state index in [9.17, 15) is 9.59 Å². The van der Waals surface area contributed by atoms with Crippen LogP contribution in [0, 0.1) is 0 Å². The lowest BCUT2D eigenvalue weighted by atomic mass is 9.92. The number of nitrogens with one attached hydrogen (secondary N) is 1. The molecule has 0 bridgehead atoms. The minimum absolute atomic E-state index is 0.187. The summed E-state index contributed by atoms with van der Waals surface area (Å²) in [6.07, 6.45) is 3.14. The number of halogens is 1. The summed E-state index contributed by atoms with van der Waals surface area (Å²) >= 11 is 3.46. The van der Waals surface area contributed by atoms with Gasteiger partial charge in [-0.15, -0.1) is 0 Å². The SMILES string of the molecule is Cn1ccc(C(=O)NC2(CBr)CCOCC2)cc1=O. The number of amides is 1. The van der Waals surface area contributed by atoms with Gasteiger partial charge in [0.05, 0.1) is 5.54 Å². The number of rotatable bonds is 3. The zero-order valence-electron chi connectivity index (χ0n) is 10.8. The van der Waals surface area contributed by atoms with Crippen molar-refractivity contribution in [2.45, 2.75) is 18.4 Å². The van der Waals surface area contributed by atoms with Crippen LogP contribution in [0.3, 0.4) is 0 Å². The van der Waals surface area contributed by atoms with E-state index in [1.165, 1.54) is 10.6 Å². The highest BCUT2D eigenvalue weighted by Gasteiger charge is 2.33. The number of aryl methyl sites for hydroxylation is 1. The van der Waals surface area contributed by atoms with Gasteiger partial charge in [0.15, 0.2) is 0 Å². The second-order valence-corrected chi connectivity index (χ2v) is 5.41. The normalized spacial score (nSPS) is 18.0. The first kappa shape index (κ1) is 14.3. The van der Waals surface area contributed by atoms with E-state index in [1.54, 1.807) is 19.3 Å². The Hall–Kier alpha value is -1.14. The average molecular weight is 329 g/mol. The Kier molecular flexibility index (Phi) is 4.42. The number of ether oxygens (including phenoxy) is 1. The molecule has 1 amide bonds. The molecule has 1 aromatic heterocycles. The summed E-state index contributed by atoms with van der Waals surface area (Å²) in [5.41, 5.74) is -0.0708. The maximum absolute atomic E-state index is 12.2. The van der Waals surface area contributed by atoms with E-state index >= 15 is 0 Å². The Balaban J connectivity index is 2.15. The van der Waals surface area contributed by atoms with Gasteiger partial charge in [0, 0.05) is 43.4 Å². The highest BCUT2D eigenvalue weighted by molar-refractivity contribution is 9.09. The molecule has 1 aliphatic heterocycles. The molecule has 2 heterocycles. The van der Waals surface area contributed by atoms with Gasteiger partial charge < -0.3 is 14.6 Å². The molecule has 0 unspecified atom stereocenters. The molecule has 0 spiro atoms. The van der Waals surface area contributed by atoms with Crippen LogP contribution in [0.15, 0.2) is 23.1 Å². The number of hydrogen-bond donors (Lipinski definition) is 1. The van der Waals surface area contributed by atoms with Crippen LogP contribution in [0.25, 0.3) is 0 Å². The van der Waals surface area contributed by atoms with E-state index in [0.717, 1.165) is 12.8 Å². The third-order valence-electron chi connectivity index (χ3n) is 3.45. The predicted molar refractivity (Wildman–Crippen MR) is 75.7 cm³/mol. The van der Waals surface area contributed by atoms with E-state index in [4.69, 9.17) is 4.74 Å². The number of carbonyl (C=O) groups is 1. The molecule has 6 heteroatoms. The maximum Gasteiger partial charge on any atom is 0.251 e. The van der Waals surface area contributed by atoms with Crippen molar-refractivity contribution in [1.29, 1.82) is 0 Å². The third kappa shape index (κ3) is 3.25. The average Bonchev–Trinajstić information content (AvgIpc) is 2.43. The van der Waals surface area contributed by atoms with Crippen molar-refractivity contribution in [3.8, 4) is 0 Å². The summed E-state index contributed by atoms with van der Waals surface area (Å²) in [6, 6.07) is 3.01. The molecule has 0 saturated carbocycles. The smallest absolute Gasteiger partial charge is 0.251 e. The van der Waals surface area contributed by atoms with Gasteiger partial charge in [-0.2, -0.15) is 0 Å². The first-order valence-electron chi connectivity index (χ1n) is 6.19. The highest BCUT2D eigenvalue weighted by atomic mass is 79.9. The van der Waals surface area contributed by atoms with Gasteiger partial charge in [-0.1, -0.05) is 15.9 Å². The van der Waals surface area contributed by atoms with Crippen molar-refractivity contribution in [1.82, 2.24) is 9.88 Å². The van der Waals surface area contributed by atoms with Gasteiger partial charge in [0.25, 0.3) is 11.5 Å². The van der Waals surface area contributed by atoms with E-state index in [2.05, 4.69) is 21.2 Å². The summed E-state index contributed by atoms with van der Waals surface area (Å²) in [4.78, 5) is 23.8. The lowest BCUT2D eigenvalue weighted by molar-refractivity contribution is 0.0442. The van der Waals surface area contributed by atoms with Crippen molar-refractivity contribution in [3.63, 3.8) is 0 Å². The quantitative estimate of drug-likeness (QED) is 0.844. The van der Waals surface area contributed by atoms with E-state index in [1.807, 2.05) is 0 Å². The second kappa shape index (κ2) is 5.88. The van der Waals surface area contributed by atoms with Crippen LogP contribution in [0.2, 0.25) is 0 Å². The van der Waals surface area contributed by atoms with Crippen LogP contribution in [-0.4, -0.2) is 34.6 Å². The Morgan fingerprint density at radius 1 is 1.53 bits per heavy atom. The fourth-order valence-corrected chi connectivity index (χ4v) is 2.76. The van der Waals surface area contributed by atoms with E-state index in [0.29, 0.717) is 24.1 Å². The largest absolute Gasteiger partial charge is 0.381 e. The van der Waals surface area contributed by atoms with Gasteiger partial charge in [0.1, 0.15) is 0 Å². The Morgan fingerprint density at radius 2 is 2.21 bits per heavy atom. The molecule has 1 saturated heterocycles. The highest BCUT2D eigenvalue weighted by Crippen LogP contribution is 2.23. The van der Waals surface area contributed by atoms with Gasteiger partial charge in [-0.25, -0.2) is 0 Å². The van der Waals surface area contributed by atoms with Gasteiger partial charge in [0.2, 0.25) is 0 Å². The third-order valence-corrected chi connectivity index (χ3v) is 4.52. The zero-order chi connectivity index (χ0) is 13.9. The van der Waals surface area contributed by atoms with Crippen LogP contribution in [0.4, 0.5) is 0 Å². The summed E-state index contributed by atoms with van der Waals surface area (Å²) < 4.78 is 6.76. The molecule has 1 aromatic rings. The van der Waals surface area contributed by atoms with Crippen LogP contribution in [0.1, 0.15) is 23.2 Å². The molecular formula is C13H17BrN2O3. The monoisotopic (exact) mass is 328 g/mol. The van der Waals surface area contributed by atoms with E-state index < -0.39 is 0 Å². The molecule has 0 aromatic carbocycles. The number of nitrogens with zero attached hydrogens (tertiary/aromatic N) is 1. The molecule has 104 valence electrons. The molecule has 1 aliphatic rings. The van der Waals surface area contributed by atoms with Crippen molar-refractivity contribution in [3.05, 3.63) is 34.2 Å². The standard InChI is InChI=1S/C13H17BrN2O3/c1-16-5-2-10(8-11(16)17)12(18)15-13(9-14)3-6-19-7-4-13/h2,5,8H,3-4,6-7,9H2,1H3,(H,15,18). The van der Waals surface area contributed by atoms with Gasteiger partial charge in [-0.3, -0.25) is 9.59 Å². The summed E-state index contributed by atoms with van der Waals surface area (Å²) in [5.74, 6) is -0.209. The van der Waals surface area contributed by atoms with Gasteiger partial charge in [-0.05, 0) is 18.9 Å². The van der Waals surface area contributed by atoms with Crippen molar-refractivity contribution in [2.24, 2.45) is 7.05 Å². The fourth-order valence-electron chi connectivity index (χ4n) is 2.06. The van der Waals surface area contributed by atoms with Crippen molar-refractivity contribution in [2.75, 3.05) is 18.5 Å². The minimum atomic E-state index is -0.281. The predicted octanol–water partition coefficient (Wildman–Crippen LogP) is 1.06. The minimum Gasteiger partial charge on any atom is -0.381 e. The van der Waals surface area contributed by atoms with Crippen LogP contribution in [0.5, 0.6) is 0 Å². The summed E-state index contributed by atoms with van der Waals surface area (Å²) in [7, 11) is 1.66. The Bertz CT molecular complexity index is 521. The Labute approximate surface area is 120 Å². The molecule has 1 N–H and O–H groups in total. The molecular weight excluding hydrogens is 312 g/mol. The van der Waals surface area contributed by atoms with Crippen LogP contribution >= 0.6 is 15.9 Å².